The summed E-state index contributed by atoms with van der Waals surface area (Å²) in [6.07, 6.45) is 0. The molecule has 0 saturated heterocycles. The molecule has 1 aliphatic rings. The molecule has 47 heavy (non-hydrogen) atoms. The van der Waals surface area contributed by atoms with Crippen molar-refractivity contribution >= 4 is 69.2 Å². The van der Waals surface area contributed by atoms with Gasteiger partial charge in [-0.2, -0.15) is 0 Å². The lowest BCUT2D eigenvalue weighted by molar-refractivity contribution is 0.296. The summed E-state index contributed by atoms with van der Waals surface area (Å²) in [5.74, 6) is 0.941. The molecule has 238 valence electrons. The minimum atomic E-state index is -4.53. The summed E-state index contributed by atoms with van der Waals surface area (Å²) in [6.45, 7) is 13.3. The summed E-state index contributed by atoms with van der Waals surface area (Å²) >= 11 is 0. The normalized spacial score (nSPS) is 16.7. The smallest absolute Gasteiger partial charge is 0.395 e. The summed E-state index contributed by atoms with van der Waals surface area (Å²) in [7, 11) is -6.75. The molecule has 0 spiro atoms. The quantitative estimate of drug-likeness (QED) is 0.175. The molecule has 0 amide bonds. The Hall–Kier alpha value is -3.94. The fourth-order valence-electron chi connectivity index (χ4n) is 6.68. The summed E-state index contributed by atoms with van der Waals surface area (Å²) in [4.78, 5) is 11.4. The third-order valence-electron chi connectivity index (χ3n) is 9.25. The van der Waals surface area contributed by atoms with Crippen LogP contribution in [-0.2, 0) is 15.4 Å². The van der Waals surface area contributed by atoms with Crippen LogP contribution < -0.4 is 29.8 Å². The van der Waals surface area contributed by atoms with E-state index in [0.29, 0.717) is 11.5 Å². The number of benzene rings is 6. The minimum Gasteiger partial charge on any atom is -0.395 e. The van der Waals surface area contributed by atoms with E-state index in [0.717, 1.165) is 43.0 Å². The van der Waals surface area contributed by atoms with E-state index in [-0.39, 0.29) is 10.8 Å². The molecule has 0 saturated carbocycles. The van der Waals surface area contributed by atoms with E-state index in [2.05, 4.69) is 126 Å². The molecule has 0 atom stereocenters. The van der Waals surface area contributed by atoms with Gasteiger partial charge >= 0.3 is 7.82 Å². The molecule has 6 aromatic carbocycles. The van der Waals surface area contributed by atoms with Crippen LogP contribution in [0.5, 0.6) is 11.5 Å². The van der Waals surface area contributed by atoms with Gasteiger partial charge in [-0.25, -0.2) is 4.57 Å². The lowest BCUT2D eigenvalue weighted by Gasteiger charge is -2.20. The van der Waals surface area contributed by atoms with Crippen molar-refractivity contribution in [3.05, 3.63) is 120 Å². The predicted molar refractivity (Wildman–Crippen MR) is 204 cm³/mol. The van der Waals surface area contributed by atoms with Gasteiger partial charge in [0, 0.05) is 11.1 Å². The average Bonchev–Trinajstić information content (AvgIpc) is 3.15. The molecule has 0 aromatic heterocycles. The van der Waals surface area contributed by atoms with Gasteiger partial charge in [-0.3, -0.25) is 4.89 Å². The zero-order valence-corrected chi connectivity index (χ0v) is 31.6. The fraction of sp³-hybridized carbons (Fsp3) is 0.200. The van der Waals surface area contributed by atoms with Crippen LogP contribution in [0, 0.1) is 0 Å². The maximum Gasteiger partial charge on any atom is 0.584 e. The van der Waals surface area contributed by atoms with E-state index in [1.807, 2.05) is 24.3 Å². The van der Waals surface area contributed by atoms with Gasteiger partial charge in [0.25, 0.3) is 0 Å². The first-order chi connectivity index (χ1) is 22.3. The first-order valence-electron chi connectivity index (χ1n) is 16.3. The van der Waals surface area contributed by atoms with Gasteiger partial charge in [0.05, 0.1) is 19.0 Å². The van der Waals surface area contributed by atoms with E-state index in [4.69, 9.17) is 9.05 Å². The van der Waals surface area contributed by atoms with E-state index in [9.17, 15) is 9.46 Å². The van der Waals surface area contributed by atoms with Crippen molar-refractivity contribution < 1.29 is 18.5 Å². The molecule has 6 aromatic rings. The monoisotopic (exact) mass is 672 g/mol. The molecule has 0 unspecified atom stereocenters. The Morgan fingerprint density at radius 3 is 1.28 bits per heavy atom. The lowest BCUT2D eigenvalue weighted by atomic mass is 9.87. The molecule has 0 radical (unpaired) electrons. The summed E-state index contributed by atoms with van der Waals surface area (Å²) in [5, 5.41) is 8.56. The second kappa shape index (κ2) is 11.6. The van der Waals surface area contributed by atoms with E-state index in [1.54, 1.807) is 0 Å². The molecular formula is C40H41O4PSi2. The van der Waals surface area contributed by atoms with Crippen molar-refractivity contribution in [1.29, 1.82) is 0 Å². The average molecular weight is 673 g/mol. The molecule has 4 nitrogen and oxygen atoms in total. The van der Waals surface area contributed by atoms with Crippen LogP contribution in [0.3, 0.4) is 0 Å². The first kappa shape index (κ1) is 31.7. The maximum atomic E-state index is 13.9. The maximum absolute atomic E-state index is 13.9. The van der Waals surface area contributed by atoms with Crippen LogP contribution in [0.15, 0.2) is 109 Å². The van der Waals surface area contributed by atoms with Gasteiger partial charge in [-0.1, -0.05) is 161 Å². The Labute approximate surface area is 282 Å². The van der Waals surface area contributed by atoms with Crippen LogP contribution in [0.25, 0.3) is 32.7 Å². The number of phosphoric ester groups is 1. The van der Waals surface area contributed by atoms with Gasteiger partial charge in [0.15, 0.2) is 0 Å². The third-order valence-corrected chi connectivity index (χ3v) is 13.6. The first-order valence-corrected chi connectivity index (χ1v) is 20.6. The number of hydrogen-bond acceptors (Lipinski definition) is 3. The second-order valence-electron chi connectivity index (χ2n) is 14.8. The van der Waals surface area contributed by atoms with Crippen molar-refractivity contribution in [2.24, 2.45) is 0 Å². The number of rotatable bonds is 4. The Morgan fingerprint density at radius 1 is 0.553 bits per heavy atom. The Bertz CT molecular complexity index is 2040. The molecule has 0 fully saturated rings. The zero-order valence-electron chi connectivity index (χ0n) is 27.9. The van der Waals surface area contributed by atoms with Gasteiger partial charge in [0.1, 0.15) is 11.5 Å². The summed E-state index contributed by atoms with van der Waals surface area (Å²) < 4.78 is 26.2. The third kappa shape index (κ3) is 6.23. The van der Waals surface area contributed by atoms with Crippen LogP contribution in [0.4, 0.5) is 0 Å². The van der Waals surface area contributed by atoms with Crippen LogP contribution in [-0.4, -0.2) is 23.9 Å². The van der Waals surface area contributed by atoms with E-state index >= 15 is 0 Å². The van der Waals surface area contributed by atoms with Gasteiger partial charge in [0.2, 0.25) is 0 Å². The minimum absolute atomic E-state index is 0.0600. The van der Waals surface area contributed by atoms with E-state index < -0.39 is 26.9 Å². The molecule has 1 N–H and O–H groups in total. The topological polar surface area (TPSA) is 55.8 Å². The molecule has 1 aliphatic heterocycles. The molecule has 7 heteroatoms. The lowest BCUT2D eigenvalue weighted by Crippen LogP contribution is -2.29. The Balaban J connectivity index is 1.47. The highest BCUT2D eigenvalue weighted by Crippen LogP contribution is 2.55. The predicted octanol–water partition coefficient (Wildman–Crippen LogP) is 6.37. The standard InChI is InChI=1S/C40H41O4PSi2/c1-39(2,3)27-15-19-29(20-16-27)46-33-23-25-11-7-9-13-31(25)35-36-32-14-10-8-12-26(32)24-34(38(36)44-45(41,42)43-37(33)35)47-30-21-17-28(18-22-30)40(4,5)6/h7-24H,46-47H2,1-6H3,(H,41,42). The van der Waals surface area contributed by atoms with Gasteiger partial charge < -0.3 is 9.05 Å². The largest absolute Gasteiger partial charge is 0.584 e. The molecule has 1 heterocycles. The van der Waals surface area contributed by atoms with E-state index in [1.165, 1.54) is 21.5 Å². The SMILES string of the molecule is CC(C)(C)c1ccc([SiH2]c2cc3ccccc3c3c2OP(=O)(O)Oc2c([SiH2]c4ccc(C(C)(C)C)cc4)cc4ccccc4c2-3)cc1. The van der Waals surface area contributed by atoms with Crippen molar-refractivity contribution in [2.45, 2.75) is 52.4 Å². The van der Waals surface area contributed by atoms with Crippen molar-refractivity contribution in [3.8, 4) is 22.6 Å². The van der Waals surface area contributed by atoms with Gasteiger partial charge in [-0.15, -0.1) is 0 Å². The fourth-order valence-corrected chi connectivity index (χ4v) is 11.1. The summed E-state index contributed by atoms with van der Waals surface area (Å²) in [6, 6.07) is 38.5. The zero-order chi connectivity index (χ0) is 33.1. The highest BCUT2D eigenvalue weighted by Gasteiger charge is 2.37. The van der Waals surface area contributed by atoms with Crippen molar-refractivity contribution in [1.82, 2.24) is 0 Å². The van der Waals surface area contributed by atoms with Crippen molar-refractivity contribution in [3.63, 3.8) is 0 Å². The molecule has 0 bridgehead atoms. The van der Waals surface area contributed by atoms with Crippen LogP contribution >= 0.6 is 7.82 Å². The van der Waals surface area contributed by atoms with Crippen molar-refractivity contribution in [2.75, 3.05) is 0 Å². The Morgan fingerprint density at radius 2 is 0.915 bits per heavy atom. The molecule has 0 aliphatic carbocycles. The molecule has 7 rings (SSSR count). The second-order valence-corrected chi connectivity index (χ2v) is 20.0. The van der Waals surface area contributed by atoms with Crippen LogP contribution in [0.1, 0.15) is 52.7 Å². The highest BCUT2D eigenvalue weighted by molar-refractivity contribution is 7.48. The Kier molecular flexibility index (Phi) is 7.84. The molecular weight excluding hydrogens is 632 g/mol. The summed E-state index contributed by atoms with van der Waals surface area (Å²) in [5.41, 5.74) is 4.36. The highest BCUT2D eigenvalue weighted by atomic mass is 31.2. The number of hydrogen-bond donors (Lipinski definition) is 1. The number of phosphoric acid groups is 1. The van der Waals surface area contributed by atoms with Crippen LogP contribution in [0.2, 0.25) is 0 Å². The van der Waals surface area contributed by atoms with Gasteiger partial charge in [-0.05, 0) is 53.9 Å². The number of fused-ring (bicyclic) bond motifs is 7.